The Bertz CT molecular complexity index is 844. The summed E-state index contributed by atoms with van der Waals surface area (Å²) in [5, 5.41) is 10.0. The number of methoxy groups -OCH3 is 1. The minimum absolute atomic E-state index is 0.0747. The van der Waals surface area contributed by atoms with Crippen molar-refractivity contribution >= 4 is 5.78 Å². The number of phenolic OH excluding ortho intramolecular Hbond substituents is 1. The van der Waals surface area contributed by atoms with Gasteiger partial charge >= 0.3 is 0 Å². The minimum atomic E-state index is -0.119. The second kappa shape index (κ2) is 6.01. The number of rotatable bonds is 4. The summed E-state index contributed by atoms with van der Waals surface area (Å²) in [5.41, 5.74) is 1.77. The smallest absolute Gasteiger partial charge is 0.163 e. The van der Waals surface area contributed by atoms with Crippen LogP contribution in [0.3, 0.4) is 0 Å². The van der Waals surface area contributed by atoms with Gasteiger partial charge in [-0.05, 0) is 49.4 Å². The Morgan fingerprint density at radius 3 is 2.39 bits per heavy atom. The Kier molecular flexibility index (Phi) is 3.89. The van der Waals surface area contributed by atoms with Gasteiger partial charge in [-0.25, -0.2) is 0 Å². The molecular weight excluding hydrogens is 292 g/mol. The van der Waals surface area contributed by atoms with E-state index in [0.29, 0.717) is 22.6 Å². The molecule has 0 aliphatic carbocycles. The van der Waals surface area contributed by atoms with Crippen molar-refractivity contribution in [2.45, 2.75) is 6.92 Å². The zero-order chi connectivity index (χ0) is 16.4. The average Bonchev–Trinajstić information content (AvgIpc) is 3.01. The molecule has 0 bridgehead atoms. The maximum atomic E-state index is 11.9. The number of benzene rings is 2. The summed E-state index contributed by atoms with van der Waals surface area (Å²) in [4.78, 5) is 11.9. The van der Waals surface area contributed by atoms with Crippen molar-refractivity contribution in [1.82, 2.24) is 0 Å². The quantitative estimate of drug-likeness (QED) is 0.719. The van der Waals surface area contributed by atoms with E-state index in [-0.39, 0.29) is 11.5 Å². The molecule has 4 heteroatoms. The number of para-hydroxylation sites is 1. The molecule has 3 aromatic rings. The lowest BCUT2D eigenvalue weighted by Crippen LogP contribution is -1.91. The first-order chi connectivity index (χ1) is 11.1. The molecule has 2 aromatic carbocycles. The zero-order valence-electron chi connectivity index (χ0n) is 12.9. The molecule has 1 N–H and O–H groups in total. The number of carbonyl (C=O) groups excluding carboxylic acids is 1. The molecule has 0 atom stereocenters. The summed E-state index contributed by atoms with van der Waals surface area (Å²) < 4.78 is 11.0. The van der Waals surface area contributed by atoms with Crippen molar-refractivity contribution in [3.63, 3.8) is 0 Å². The van der Waals surface area contributed by atoms with Crippen LogP contribution in [0.5, 0.6) is 11.5 Å². The monoisotopic (exact) mass is 308 g/mol. The van der Waals surface area contributed by atoms with E-state index in [4.69, 9.17) is 9.15 Å². The molecular formula is C19H16O4. The van der Waals surface area contributed by atoms with Gasteiger partial charge in [0.2, 0.25) is 0 Å². The molecule has 23 heavy (non-hydrogen) atoms. The van der Waals surface area contributed by atoms with Gasteiger partial charge in [0.1, 0.15) is 23.0 Å². The summed E-state index contributed by atoms with van der Waals surface area (Å²) in [6.07, 6.45) is 0. The molecule has 0 aliphatic heterocycles. The highest BCUT2D eigenvalue weighted by Gasteiger charge is 2.19. The molecule has 0 aliphatic rings. The van der Waals surface area contributed by atoms with Crippen LogP contribution in [0.15, 0.2) is 59.0 Å². The standard InChI is InChI=1S/C19H16O4/c1-12(20)16-11-18(13-7-9-14(22-2)10-8-13)23-19(16)15-5-3-4-6-17(15)21/h3-11,21H,1-2H3. The highest BCUT2D eigenvalue weighted by atomic mass is 16.5. The normalized spacial score (nSPS) is 10.5. The van der Waals surface area contributed by atoms with Crippen LogP contribution in [0.4, 0.5) is 0 Å². The fourth-order valence-corrected chi connectivity index (χ4v) is 2.42. The third-order valence-electron chi connectivity index (χ3n) is 3.63. The minimum Gasteiger partial charge on any atom is -0.507 e. The molecule has 0 radical (unpaired) electrons. The van der Waals surface area contributed by atoms with Gasteiger partial charge in [-0.3, -0.25) is 4.79 Å². The maximum absolute atomic E-state index is 11.9. The summed E-state index contributed by atoms with van der Waals surface area (Å²) in [7, 11) is 1.60. The van der Waals surface area contributed by atoms with Gasteiger partial charge in [-0.1, -0.05) is 12.1 Å². The number of ether oxygens (including phenoxy) is 1. The number of furan rings is 1. The van der Waals surface area contributed by atoms with Gasteiger partial charge in [-0.2, -0.15) is 0 Å². The van der Waals surface area contributed by atoms with E-state index in [9.17, 15) is 9.90 Å². The van der Waals surface area contributed by atoms with Gasteiger partial charge in [0, 0.05) is 5.56 Å². The van der Waals surface area contributed by atoms with Gasteiger partial charge in [0.05, 0.1) is 18.2 Å². The predicted octanol–water partition coefficient (Wildman–Crippen LogP) is 4.53. The number of ketones is 1. The van der Waals surface area contributed by atoms with Crippen molar-refractivity contribution in [3.8, 4) is 34.1 Å². The van der Waals surface area contributed by atoms with Gasteiger partial charge in [0.25, 0.3) is 0 Å². The lowest BCUT2D eigenvalue weighted by molar-refractivity contribution is 0.101. The van der Waals surface area contributed by atoms with Crippen molar-refractivity contribution < 1.29 is 19.1 Å². The van der Waals surface area contributed by atoms with Crippen LogP contribution in [-0.4, -0.2) is 18.0 Å². The summed E-state index contributed by atoms with van der Waals surface area (Å²) in [5.74, 6) is 1.64. The largest absolute Gasteiger partial charge is 0.507 e. The van der Waals surface area contributed by atoms with Gasteiger partial charge < -0.3 is 14.3 Å². The van der Waals surface area contributed by atoms with E-state index in [2.05, 4.69) is 0 Å². The molecule has 1 aromatic heterocycles. The molecule has 0 saturated carbocycles. The van der Waals surface area contributed by atoms with E-state index < -0.39 is 0 Å². The van der Waals surface area contributed by atoms with Gasteiger partial charge in [-0.15, -0.1) is 0 Å². The average molecular weight is 308 g/mol. The van der Waals surface area contributed by atoms with Crippen molar-refractivity contribution in [3.05, 3.63) is 60.2 Å². The van der Waals surface area contributed by atoms with Crippen LogP contribution in [0.25, 0.3) is 22.6 Å². The van der Waals surface area contributed by atoms with Crippen molar-refractivity contribution in [2.24, 2.45) is 0 Å². The van der Waals surface area contributed by atoms with Gasteiger partial charge in [0.15, 0.2) is 5.78 Å². The summed E-state index contributed by atoms with van der Waals surface area (Å²) in [6.45, 7) is 1.48. The Hall–Kier alpha value is -3.01. The first-order valence-electron chi connectivity index (χ1n) is 7.17. The Morgan fingerprint density at radius 1 is 1.09 bits per heavy atom. The molecule has 1 heterocycles. The van der Waals surface area contributed by atoms with Crippen LogP contribution in [-0.2, 0) is 0 Å². The number of aromatic hydroxyl groups is 1. The first-order valence-corrected chi connectivity index (χ1v) is 7.17. The maximum Gasteiger partial charge on any atom is 0.163 e. The van der Waals surface area contributed by atoms with E-state index in [0.717, 1.165) is 11.3 Å². The molecule has 0 amide bonds. The summed E-state index contributed by atoms with van der Waals surface area (Å²) in [6, 6.07) is 15.9. The van der Waals surface area contributed by atoms with Crippen molar-refractivity contribution in [1.29, 1.82) is 0 Å². The second-order valence-corrected chi connectivity index (χ2v) is 5.16. The van der Waals surface area contributed by atoms with Crippen LogP contribution in [0.2, 0.25) is 0 Å². The first kappa shape index (κ1) is 14.9. The van der Waals surface area contributed by atoms with E-state index in [1.165, 1.54) is 6.92 Å². The van der Waals surface area contributed by atoms with E-state index in [1.807, 2.05) is 24.3 Å². The number of Topliss-reactive ketones (excluding diaryl/α,β-unsaturated/α-hetero) is 1. The number of carbonyl (C=O) groups is 1. The molecule has 3 rings (SSSR count). The molecule has 4 nitrogen and oxygen atoms in total. The fourth-order valence-electron chi connectivity index (χ4n) is 2.42. The van der Waals surface area contributed by atoms with Crippen LogP contribution < -0.4 is 4.74 Å². The Morgan fingerprint density at radius 2 is 1.78 bits per heavy atom. The fraction of sp³-hybridized carbons (Fsp3) is 0.105. The van der Waals surface area contributed by atoms with Crippen LogP contribution in [0, 0.1) is 0 Å². The molecule has 0 unspecified atom stereocenters. The Labute approximate surface area is 134 Å². The molecule has 0 saturated heterocycles. The van der Waals surface area contributed by atoms with E-state index >= 15 is 0 Å². The molecule has 0 spiro atoms. The third-order valence-corrected chi connectivity index (χ3v) is 3.63. The van der Waals surface area contributed by atoms with Crippen LogP contribution in [0.1, 0.15) is 17.3 Å². The summed E-state index contributed by atoms with van der Waals surface area (Å²) >= 11 is 0. The SMILES string of the molecule is COc1ccc(-c2cc(C(C)=O)c(-c3ccccc3O)o2)cc1. The number of hydrogen-bond acceptors (Lipinski definition) is 4. The molecule has 0 fully saturated rings. The second-order valence-electron chi connectivity index (χ2n) is 5.16. The lowest BCUT2D eigenvalue weighted by atomic mass is 10.0. The number of phenols is 1. The third kappa shape index (κ3) is 2.83. The lowest BCUT2D eigenvalue weighted by Gasteiger charge is -2.03. The Balaban J connectivity index is 2.12. The van der Waals surface area contributed by atoms with Crippen LogP contribution >= 0.6 is 0 Å². The van der Waals surface area contributed by atoms with E-state index in [1.54, 1.807) is 37.4 Å². The van der Waals surface area contributed by atoms with Crippen molar-refractivity contribution in [2.75, 3.05) is 7.11 Å². The zero-order valence-corrected chi connectivity index (χ0v) is 12.9. The highest BCUT2D eigenvalue weighted by molar-refractivity contribution is 6.01. The number of hydrogen-bond donors (Lipinski definition) is 1. The highest BCUT2D eigenvalue weighted by Crippen LogP contribution is 2.37. The molecule has 116 valence electrons. The topological polar surface area (TPSA) is 59.7 Å². The predicted molar refractivity (Wildman–Crippen MR) is 87.8 cm³/mol.